The maximum absolute atomic E-state index is 5.76. The van der Waals surface area contributed by atoms with Crippen molar-refractivity contribution in [1.29, 1.82) is 0 Å². The molecule has 1 heterocycles. The van der Waals surface area contributed by atoms with Crippen molar-refractivity contribution < 1.29 is 34.0 Å². The first-order valence-corrected chi connectivity index (χ1v) is 17.6. The summed E-state index contributed by atoms with van der Waals surface area (Å²) in [6, 6.07) is 5.88. The summed E-state index contributed by atoms with van der Waals surface area (Å²) < 4.78 is 14.2. The number of anilines is 1. The number of nitrogens with two attached hydrogens (primary N) is 1. The molecule has 142 valence electrons. The summed E-state index contributed by atoms with van der Waals surface area (Å²) >= 11 is -1.17. The van der Waals surface area contributed by atoms with Gasteiger partial charge < -0.3 is 0 Å². The average molecular weight is 548 g/mol. The molecule has 2 N–H and O–H groups in total. The number of hydrogen-bond acceptors (Lipinski definition) is 5. The molecule has 0 bridgehead atoms. The molecule has 0 aliphatic carbocycles. The van der Waals surface area contributed by atoms with Crippen LogP contribution < -0.4 is 18.4 Å². The van der Waals surface area contributed by atoms with E-state index in [0.29, 0.717) is 5.95 Å². The van der Waals surface area contributed by atoms with Crippen LogP contribution in [0.15, 0.2) is 18.2 Å². The van der Waals surface area contributed by atoms with Crippen LogP contribution in [0.1, 0.15) is 50.9 Å². The van der Waals surface area contributed by atoms with Crippen molar-refractivity contribution in [3.8, 4) is 11.5 Å². The Balaban J connectivity index is 0.00000113. The third-order valence-corrected chi connectivity index (χ3v) is 8.39. The van der Waals surface area contributed by atoms with Gasteiger partial charge in [0.15, 0.2) is 0 Å². The molecule has 26 heavy (non-hydrogen) atoms. The summed E-state index contributed by atoms with van der Waals surface area (Å²) in [5.41, 5.74) is 9.05. The molecule has 2 rings (SSSR count). The fraction of sp³-hybridized carbons (Fsp3) is 0.500. The number of ether oxygens (including phenoxy) is 2. The summed E-state index contributed by atoms with van der Waals surface area (Å²) in [7, 11) is 3.32. The van der Waals surface area contributed by atoms with E-state index < -0.39 is 24.6 Å². The molecule has 0 amide bonds. The Morgan fingerprint density at radius 2 is 1.69 bits per heavy atom. The van der Waals surface area contributed by atoms with Gasteiger partial charge in [0, 0.05) is 0 Å². The van der Waals surface area contributed by atoms with Crippen molar-refractivity contribution in [2.45, 2.75) is 51.9 Å². The van der Waals surface area contributed by atoms with Crippen molar-refractivity contribution in [3.05, 3.63) is 35.0 Å². The molecule has 6 heteroatoms. The van der Waals surface area contributed by atoms with Gasteiger partial charge in [0.2, 0.25) is 0 Å². The third-order valence-electron chi connectivity index (χ3n) is 3.51. The molecule has 0 aliphatic rings. The summed E-state index contributed by atoms with van der Waals surface area (Å²) in [6.07, 6.45) is 2.02. The molecule has 0 aliphatic heterocycles. The van der Waals surface area contributed by atoms with Gasteiger partial charge in [-0.2, -0.15) is 0 Å². The molecule has 1 aromatic heterocycles. The Hall–Kier alpha value is -1.36. The van der Waals surface area contributed by atoms with E-state index in [1.807, 2.05) is 39.0 Å². The van der Waals surface area contributed by atoms with Crippen molar-refractivity contribution in [2.24, 2.45) is 0 Å². The first-order valence-electron chi connectivity index (χ1n) is 9.33. The molecule has 0 unspecified atom stereocenters. The van der Waals surface area contributed by atoms with Crippen molar-refractivity contribution in [2.75, 3.05) is 20.0 Å². The average Bonchev–Trinajstić information content (AvgIpc) is 2.66. The SMILES string of the molecule is CC.CCC.COc1ccc(Cc2c(C)nc(N)n[c]2[Hg][CH3])c(OC)c1. The van der Waals surface area contributed by atoms with Gasteiger partial charge in [-0.3, -0.25) is 0 Å². The molecule has 2 aromatic rings. The number of nitrogens with zero attached hydrogens (tertiary/aromatic N) is 2. The number of benzene rings is 1. The number of aromatic nitrogens is 2. The van der Waals surface area contributed by atoms with Crippen LogP contribution in [0.25, 0.3) is 0 Å². The molecule has 1 aromatic carbocycles. The Labute approximate surface area is 171 Å². The zero-order chi connectivity index (χ0) is 20.1. The molecule has 0 radical (unpaired) electrons. The van der Waals surface area contributed by atoms with E-state index in [2.05, 4.69) is 28.2 Å². The van der Waals surface area contributed by atoms with Crippen LogP contribution in [0, 0.1) is 6.92 Å². The number of nitrogen functional groups attached to an aromatic ring is 1. The summed E-state index contributed by atoms with van der Waals surface area (Å²) in [4.78, 5) is 8.74. The van der Waals surface area contributed by atoms with Crippen LogP contribution in [-0.4, -0.2) is 24.2 Å². The van der Waals surface area contributed by atoms with Gasteiger partial charge >= 0.3 is 137 Å². The Bertz CT molecular complexity index is 664. The van der Waals surface area contributed by atoms with Gasteiger partial charge in [-0.15, -0.1) is 0 Å². The molecule has 0 spiro atoms. The quantitative estimate of drug-likeness (QED) is 0.569. The van der Waals surface area contributed by atoms with E-state index in [1.165, 1.54) is 15.2 Å². The third kappa shape index (κ3) is 7.48. The summed E-state index contributed by atoms with van der Waals surface area (Å²) in [5, 5.41) is 0. The zero-order valence-corrected chi connectivity index (χ0v) is 23.1. The van der Waals surface area contributed by atoms with Crippen LogP contribution in [0.5, 0.6) is 11.5 Å². The normalized spacial score (nSPS) is 9.08. The van der Waals surface area contributed by atoms with E-state index in [4.69, 9.17) is 15.2 Å². The Kier molecular flexibility index (Phi) is 13.1. The van der Waals surface area contributed by atoms with Gasteiger partial charge in [-0.1, -0.05) is 34.1 Å². The van der Waals surface area contributed by atoms with Crippen LogP contribution in [0.4, 0.5) is 5.95 Å². The zero-order valence-electron chi connectivity index (χ0n) is 17.6. The van der Waals surface area contributed by atoms with Crippen LogP contribution in [0.3, 0.4) is 0 Å². The van der Waals surface area contributed by atoms with E-state index >= 15 is 0 Å². The topological polar surface area (TPSA) is 70.3 Å². The van der Waals surface area contributed by atoms with Gasteiger partial charge in [0.25, 0.3) is 0 Å². The second-order valence-electron chi connectivity index (χ2n) is 5.51. The molecule has 5 nitrogen and oxygen atoms in total. The van der Waals surface area contributed by atoms with E-state index in [0.717, 1.165) is 29.2 Å². The number of methoxy groups -OCH3 is 2. The van der Waals surface area contributed by atoms with Crippen molar-refractivity contribution in [3.63, 3.8) is 0 Å². The monoisotopic (exact) mass is 549 g/mol. The fourth-order valence-corrected chi connectivity index (χ4v) is 6.77. The maximum atomic E-state index is 5.76. The van der Waals surface area contributed by atoms with Gasteiger partial charge in [0.05, 0.1) is 0 Å². The predicted molar refractivity (Wildman–Crippen MR) is 106 cm³/mol. The molecule has 0 saturated heterocycles. The molecular formula is C20H33HgN3O2. The minimum atomic E-state index is -1.17. The number of aryl methyl sites for hydroxylation is 1. The second-order valence-corrected chi connectivity index (χ2v) is 10.9. The van der Waals surface area contributed by atoms with Gasteiger partial charge in [-0.25, -0.2) is 0 Å². The van der Waals surface area contributed by atoms with Crippen LogP contribution in [0.2, 0.25) is 4.43 Å². The van der Waals surface area contributed by atoms with E-state index in [1.54, 1.807) is 14.2 Å². The first-order chi connectivity index (χ1) is 12.5. The second kappa shape index (κ2) is 13.8. The fourth-order valence-electron chi connectivity index (χ4n) is 2.39. The summed E-state index contributed by atoms with van der Waals surface area (Å²) in [6.45, 7) is 10.2. The molecule has 0 fully saturated rings. The summed E-state index contributed by atoms with van der Waals surface area (Å²) in [5.74, 6) is 2.00. The Morgan fingerprint density at radius 3 is 2.19 bits per heavy atom. The standard InChI is InChI=1S/C14H16N3O2.C3H8.C2H6.CH3.Hg/c1-9-11(8-16-14(15)17-9)6-10-4-5-12(18-2)7-13(10)19-3;1-3-2;1-2;;/h4-5,7H,6H2,1-3H3,(H2,15,16,17);3H2,1-2H3;1-2H3;1H3;. The van der Waals surface area contributed by atoms with Crippen LogP contribution >= 0.6 is 0 Å². The predicted octanol–water partition coefficient (Wildman–Crippen LogP) is 4.17. The Morgan fingerprint density at radius 1 is 1.08 bits per heavy atom. The molecule has 0 saturated carbocycles. The van der Waals surface area contributed by atoms with Crippen molar-refractivity contribution >= 4 is 9.15 Å². The minimum absolute atomic E-state index is 0.384. The number of rotatable bonds is 5. The van der Waals surface area contributed by atoms with E-state index in [9.17, 15) is 0 Å². The van der Waals surface area contributed by atoms with Gasteiger partial charge in [0.1, 0.15) is 0 Å². The van der Waals surface area contributed by atoms with Crippen LogP contribution in [-0.2, 0) is 31.0 Å². The van der Waals surface area contributed by atoms with E-state index in [-0.39, 0.29) is 0 Å². The first kappa shape index (κ1) is 24.6. The van der Waals surface area contributed by atoms with Crippen molar-refractivity contribution in [1.82, 2.24) is 9.97 Å². The molecular weight excluding hydrogens is 515 g/mol. The molecule has 0 atom stereocenters. The number of hydrogen-bond donors (Lipinski definition) is 1. The van der Waals surface area contributed by atoms with Gasteiger partial charge in [-0.05, 0) is 0 Å².